The van der Waals surface area contributed by atoms with Crippen molar-refractivity contribution in [2.24, 2.45) is 0 Å². The van der Waals surface area contributed by atoms with E-state index in [4.69, 9.17) is 5.11 Å². The number of nitrogens with one attached hydrogen (secondary N) is 2. The number of carbonyl (C=O) groups is 2. The van der Waals surface area contributed by atoms with Gasteiger partial charge in [0.25, 0.3) is 5.91 Å². The molecule has 0 radical (unpaired) electrons. The normalized spacial score (nSPS) is 15.4. The average Bonchev–Trinajstić information content (AvgIpc) is 3.50. The summed E-state index contributed by atoms with van der Waals surface area (Å²) in [7, 11) is -0.0302. The number of phenols is 1. The summed E-state index contributed by atoms with van der Waals surface area (Å²) in [6.07, 6.45) is 1.80. The van der Waals surface area contributed by atoms with Crippen LogP contribution in [-0.4, -0.2) is 52.2 Å². The Hall–Kier alpha value is -2.88. The number of carboxylic acid groups (broad SMARTS) is 1. The van der Waals surface area contributed by atoms with Crippen molar-refractivity contribution in [1.82, 2.24) is 10.6 Å². The number of aromatic hydroxyl groups is 1. The molecular formula is C20H23BN2O6. The lowest BCUT2D eigenvalue weighted by Gasteiger charge is -2.20. The van der Waals surface area contributed by atoms with Gasteiger partial charge in [0.2, 0.25) is 0 Å². The van der Waals surface area contributed by atoms with Crippen LogP contribution in [0.25, 0.3) is 0 Å². The molecule has 0 unspecified atom stereocenters. The van der Waals surface area contributed by atoms with Crippen molar-refractivity contribution < 1.29 is 29.9 Å². The molecule has 6 N–H and O–H groups in total. The Morgan fingerprint density at radius 1 is 1.17 bits per heavy atom. The fourth-order valence-electron chi connectivity index (χ4n) is 3.41. The number of benzene rings is 2. The fraction of sp³-hybridized carbons (Fsp3) is 0.300. The van der Waals surface area contributed by atoms with Gasteiger partial charge in [-0.15, -0.1) is 0 Å². The third-order valence-electron chi connectivity index (χ3n) is 5.37. The summed E-state index contributed by atoms with van der Waals surface area (Å²) >= 11 is 0. The molecule has 1 aliphatic carbocycles. The lowest BCUT2D eigenvalue weighted by molar-refractivity contribution is 0.0693. The first-order valence-electron chi connectivity index (χ1n) is 9.28. The molecule has 0 aliphatic heterocycles. The quantitative estimate of drug-likeness (QED) is 0.359. The molecule has 2 aromatic carbocycles. The fourth-order valence-corrected chi connectivity index (χ4v) is 3.41. The molecule has 0 heterocycles. The number of amides is 1. The topological polar surface area (TPSA) is 139 Å². The van der Waals surface area contributed by atoms with Crippen molar-refractivity contribution in [3.63, 3.8) is 0 Å². The number of hydrogen-bond acceptors (Lipinski definition) is 6. The zero-order chi connectivity index (χ0) is 21.2. The average molecular weight is 398 g/mol. The van der Waals surface area contributed by atoms with Gasteiger partial charge in [-0.2, -0.15) is 0 Å². The van der Waals surface area contributed by atoms with E-state index in [9.17, 15) is 24.7 Å². The monoisotopic (exact) mass is 398 g/mol. The summed E-state index contributed by atoms with van der Waals surface area (Å²) in [6.45, 7) is 0. The molecule has 0 spiro atoms. The van der Waals surface area contributed by atoms with Crippen LogP contribution >= 0.6 is 0 Å². The van der Waals surface area contributed by atoms with Crippen LogP contribution < -0.4 is 10.6 Å². The van der Waals surface area contributed by atoms with Gasteiger partial charge in [0.15, 0.2) is 0 Å². The molecule has 9 heteroatoms. The van der Waals surface area contributed by atoms with Gasteiger partial charge in [0.1, 0.15) is 11.3 Å². The van der Waals surface area contributed by atoms with E-state index in [1.165, 1.54) is 18.2 Å². The van der Waals surface area contributed by atoms with Crippen molar-refractivity contribution in [3.8, 4) is 5.75 Å². The maximum absolute atomic E-state index is 12.7. The van der Waals surface area contributed by atoms with Crippen LogP contribution in [0.5, 0.6) is 5.75 Å². The molecule has 0 aromatic heterocycles. The van der Waals surface area contributed by atoms with Crippen molar-refractivity contribution in [3.05, 3.63) is 64.7 Å². The van der Waals surface area contributed by atoms with Crippen LogP contribution in [0.4, 0.5) is 0 Å². The molecule has 2 aromatic rings. The first-order chi connectivity index (χ1) is 13.8. The van der Waals surface area contributed by atoms with Gasteiger partial charge in [-0.25, -0.2) is 4.79 Å². The lowest BCUT2D eigenvalue weighted by atomic mass is 9.75. The van der Waals surface area contributed by atoms with Gasteiger partial charge >= 0.3 is 13.1 Å². The minimum absolute atomic E-state index is 0.116. The Kier molecular flexibility index (Phi) is 5.92. The SMILES string of the molecule is CNC1(c2cccc(C(=O)N[C@@H](Cc3cccc(C(=O)O)c3O)B(O)O)c2)CC1. The Bertz CT molecular complexity index is 929. The zero-order valence-electron chi connectivity index (χ0n) is 15.9. The number of carboxylic acids is 1. The molecule has 152 valence electrons. The van der Waals surface area contributed by atoms with Crippen molar-refractivity contribution >= 4 is 19.0 Å². The highest BCUT2D eigenvalue weighted by atomic mass is 16.4. The standard InChI is InChI=1S/C20H23BN2O6/c1-22-20(8-9-20)14-6-2-5-13(10-14)18(25)23-16(21(28)29)11-12-4-3-7-15(17(12)24)19(26)27/h2-7,10,16,22,24,28-29H,8-9,11H2,1H3,(H,23,25)(H,26,27)/t16-/m0/s1. The van der Waals surface area contributed by atoms with E-state index < -0.39 is 30.7 Å². The lowest BCUT2D eigenvalue weighted by Crippen LogP contribution is -2.48. The zero-order valence-corrected chi connectivity index (χ0v) is 15.9. The second kappa shape index (κ2) is 8.24. The highest BCUT2D eigenvalue weighted by molar-refractivity contribution is 6.43. The Labute approximate surface area is 168 Å². The van der Waals surface area contributed by atoms with E-state index in [0.29, 0.717) is 5.56 Å². The van der Waals surface area contributed by atoms with E-state index in [0.717, 1.165) is 18.4 Å². The van der Waals surface area contributed by atoms with Crippen molar-refractivity contribution in [1.29, 1.82) is 0 Å². The maximum atomic E-state index is 12.7. The summed E-state index contributed by atoms with van der Waals surface area (Å²) in [5.41, 5.74) is 1.13. The second-order valence-corrected chi connectivity index (χ2v) is 7.23. The van der Waals surface area contributed by atoms with Crippen molar-refractivity contribution in [2.45, 2.75) is 30.7 Å². The number of hydrogen-bond donors (Lipinski definition) is 6. The second-order valence-electron chi connectivity index (χ2n) is 7.23. The van der Waals surface area contributed by atoms with Gasteiger partial charge in [-0.05, 0) is 55.6 Å². The van der Waals surface area contributed by atoms with Gasteiger partial charge in [-0.1, -0.05) is 24.3 Å². The summed E-state index contributed by atoms with van der Waals surface area (Å²) in [6, 6.07) is 11.3. The van der Waals surface area contributed by atoms with Crippen LogP contribution in [0.1, 0.15) is 44.7 Å². The largest absolute Gasteiger partial charge is 0.507 e. The van der Waals surface area contributed by atoms with Crippen molar-refractivity contribution in [2.75, 3.05) is 7.05 Å². The molecule has 29 heavy (non-hydrogen) atoms. The van der Waals surface area contributed by atoms with Crippen LogP contribution in [0.2, 0.25) is 0 Å². The van der Waals surface area contributed by atoms with Gasteiger partial charge in [0, 0.05) is 11.1 Å². The number of carbonyl (C=O) groups excluding carboxylic acids is 1. The molecule has 1 aliphatic rings. The van der Waals surface area contributed by atoms with Gasteiger partial charge in [0.05, 0.1) is 5.94 Å². The van der Waals surface area contributed by atoms with E-state index in [-0.39, 0.29) is 23.1 Å². The molecule has 0 saturated heterocycles. The van der Waals surface area contributed by atoms with E-state index in [1.54, 1.807) is 18.2 Å². The van der Waals surface area contributed by atoms with Crippen LogP contribution in [-0.2, 0) is 12.0 Å². The van der Waals surface area contributed by atoms with E-state index in [2.05, 4.69) is 10.6 Å². The predicted octanol–water partition coefficient (Wildman–Crippen LogP) is 0.652. The molecule has 0 bridgehead atoms. The molecule has 1 atom stereocenters. The van der Waals surface area contributed by atoms with Gasteiger partial charge in [-0.3, -0.25) is 4.79 Å². The predicted molar refractivity (Wildman–Crippen MR) is 107 cm³/mol. The maximum Gasteiger partial charge on any atom is 0.475 e. The highest BCUT2D eigenvalue weighted by Gasteiger charge is 2.42. The van der Waals surface area contributed by atoms with E-state index >= 15 is 0 Å². The number of aromatic carboxylic acids is 1. The van der Waals surface area contributed by atoms with Crippen LogP contribution in [0.15, 0.2) is 42.5 Å². The molecule has 1 amide bonds. The number of rotatable bonds is 8. The first kappa shape index (κ1) is 20.8. The van der Waals surface area contributed by atoms with Crippen LogP contribution in [0.3, 0.4) is 0 Å². The summed E-state index contributed by atoms with van der Waals surface area (Å²) in [4.78, 5) is 23.9. The highest BCUT2D eigenvalue weighted by Crippen LogP contribution is 2.45. The summed E-state index contributed by atoms with van der Waals surface area (Å²) in [5.74, 6) is -3.40. The molecule has 1 fully saturated rings. The molecular weight excluding hydrogens is 375 g/mol. The van der Waals surface area contributed by atoms with Crippen LogP contribution in [0, 0.1) is 0 Å². The minimum Gasteiger partial charge on any atom is -0.507 e. The van der Waals surface area contributed by atoms with Gasteiger partial charge < -0.3 is 30.9 Å². The number of para-hydroxylation sites is 1. The minimum atomic E-state index is -1.90. The molecule has 8 nitrogen and oxygen atoms in total. The molecule has 3 rings (SSSR count). The third kappa shape index (κ3) is 4.42. The smallest absolute Gasteiger partial charge is 0.475 e. The Morgan fingerprint density at radius 3 is 2.45 bits per heavy atom. The third-order valence-corrected chi connectivity index (χ3v) is 5.37. The van der Waals surface area contributed by atoms with E-state index in [1.807, 2.05) is 13.1 Å². The Morgan fingerprint density at radius 2 is 1.86 bits per heavy atom. The summed E-state index contributed by atoms with van der Waals surface area (Å²) < 4.78 is 0. The summed E-state index contributed by atoms with van der Waals surface area (Å²) in [5, 5.41) is 44.5. The molecule has 1 saturated carbocycles. The first-order valence-corrected chi connectivity index (χ1v) is 9.28. The Balaban J connectivity index is 1.78.